The van der Waals surface area contributed by atoms with E-state index in [2.05, 4.69) is 15.3 Å². The van der Waals surface area contributed by atoms with Gasteiger partial charge in [0.2, 0.25) is 0 Å². The molecule has 5 rings (SSSR count). The molecule has 0 radical (unpaired) electrons. The highest BCUT2D eigenvalue weighted by molar-refractivity contribution is 7.20. The minimum Gasteiger partial charge on any atom is -0.446 e. The number of carbonyl (C=O) groups excluding carboxylic acids is 2. The number of aryl methyl sites for hydroxylation is 1. The van der Waals surface area contributed by atoms with Gasteiger partial charge in [-0.05, 0) is 43.7 Å². The second-order valence-corrected chi connectivity index (χ2v) is 10.6. The van der Waals surface area contributed by atoms with Crippen LogP contribution >= 0.6 is 11.3 Å². The van der Waals surface area contributed by atoms with Gasteiger partial charge in [0.1, 0.15) is 33.8 Å². The summed E-state index contributed by atoms with van der Waals surface area (Å²) in [6, 6.07) is 10.9. The van der Waals surface area contributed by atoms with Gasteiger partial charge >= 0.3 is 0 Å². The van der Waals surface area contributed by atoms with Crippen molar-refractivity contribution in [2.75, 3.05) is 11.9 Å². The van der Waals surface area contributed by atoms with Crippen LogP contribution in [0.25, 0.3) is 10.4 Å². The van der Waals surface area contributed by atoms with E-state index in [9.17, 15) is 19.1 Å². The molecule has 0 fully saturated rings. The molecule has 0 spiro atoms. The number of hydrogen-bond acceptors (Lipinski definition) is 8. The fourth-order valence-corrected chi connectivity index (χ4v) is 5.40. The smallest absolute Gasteiger partial charge is 0.272 e. The Morgan fingerprint density at radius 1 is 1.21 bits per heavy atom. The monoisotopic (exact) mass is 535 g/mol. The van der Waals surface area contributed by atoms with Crippen molar-refractivity contribution < 1.29 is 23.5 Å². The maximum absolute atomic E-state index is 14.9. The minimum atomic E-state index is -1.20. The second-order valence-electron chi connectivity index (χ2n) is 9.58. The Bertz CT molecular complexity index is 1560. The number of rotatable bonds is 6. The zero-order valence-electron chi connectivity index (χ0n) is 21.0. The number of nitrogens with one attached hydrogen (secondary N) is 1. The standard InChI is InChI=1S/C27H26FN5O4S/c1-14-30-20-13-33(10-9-21(20)37-14)26(35)19-5-4-6-23(31-19)32-25-17(24(29)34)12-22(38-25)16-8-7-15(11-18(16)28)27(2,3)36/h4-8,11-12,36H,9-10,13H2,1-3H3,(H2,29,34)(H,31,32). The van der Waals surface area contributed by atoms with E-state index in [-0.39, 0.29) is 22.7 Å². The van der Waals surface area contributed by atoms with Gasteiger partial charge in [0.05, 0.1) is 17.7 Å². The summed E-state index contributed by atoms with van der Waals surface area (Å²) in [5.41, 5.74) is 6.24. The first-order valence-electron chi connectivity index (χ1n) is 11.9. The molecule has 4 aromatic rings. The fourth-order valence-electron chi connectivity index (χ4n) is 4.30. The van der Waals surface area contributed by atoms with E-state index in [0.29, 0.717) is 46.7 Å². The third kappa shape index (κ3) is 5.02. The Morgan fingerprint density at radius 2 is 2.00 bits per heavy atom. The van der Waals surface area contributed by atoms with Gasteiger partial charge in [-0.1, -0.05) is 18.2 Å². The predicted molar refractivity (Wildman–Crippen MR) is 141 cm³/mol. The number of oxazole rings is 1. The summed E-state index contributed by atoms with van der Waals surface area (Å²) < 4.78 is 20.5. The lowest BCUT2D eigenvalue weighted by molar-refractivity contribution is 0.0721. The number of nitrogens with two attached hydrogens (primary N) is 1. The third-order valence-corrected chi connectivity index (χ3v) is 7.35. The van der Waals surface area contributed by atoms with Gasteiger partial charge in [-0.3, -0.25) is 9.59 Å². The Kier molecular flexibility index (Phi) is 6.49. The summed E-state index contributed by atoms with van der Waals surface area (Å²) in [6.45, 7) is 5.74. The quantitative estimate of drug-likeness (QED) is 0.331. The Labute approximate surface area is 222 Å². The number of primary amides is 1. The van der Waals surface area contributed by atoms with Gasteiger partial charge in [-0.2, -0.15) is 0 Å². The van der Waals surface area contributed by atoms with E-state index in [1.165, 1.54) is 12.1 Å². The van der Waals surface area contributed by atoms with Crippen molar-refractivity contribution in [1.82, 2.24) is 14.9 Å². The fraction of sp³-hybridized carbons (Fsp3) is 0.259. The molecule has 1 aliphatic rings. The Hall–Kier alpha value is -4.09. The van der Waals surface area contributed by atoms with Crippen LogP contribution in [0.3, 0.4) is 0 Å². The molecule has 1 aliphatic heterocycles. The third-order valence-electron chi connectivity index (χ3n) is 6.27. The maximum atomic E-state index is 14.9. The topological polar surface area (TPSA) is 135 Å². The number of aromatic nitrogens is 2. The first-order chi connectivity index (χ1) is 18.0. The normalized spacial score (nSPS) is 13.3. The first kappa shape index (κ1) is 25.6. The maximum Gasteiger partial charge on any atom is 0.272 e. The highest BCUT2D eigenvalue weighted by Gasteiger charge is 2.27. The lowest BCUT2D eigenvalue weighted by Gasteiger charge is -2.25. The summed E-state index contributed by atoms with van der Waals surface area (Å²) in [5, 5.41) is 13.6. The van der Waals surface area contributed by atoms with Crippen molar-refractivity contribution >= 4 is 34.0 Å². The van der Waals surface area contributed by atoms with Crippen LogP contribution in [0.1, 0.15) is 57.6 Å². The molecule has 1 aromatic carbocycles. The number of anilines is 2. The minimum absolute atomic E-state index is 0.166. The number of fused-ring (bicyclic) bond motifs is 1. The number of carbonyl (C=O) groups is 2. The molecule has 38 heavy (non-hydrogen) atoms. The van der Waals surface area contributed by atoms with Crippen LogP contribution in [-0.2, 0) is 18.6 Å². The molecular weight excluding hydrogens is 509 g/mol. The average Bonchev–Trinajstić information content (AvgIpc) is 3.45. The highest BCUT2D eigenvalue weighted by Crippen LogP contribution is 2.38. The molecule has 3 aromatic heterocycles. The molecule has 0 atom stereocenters. The Balaban J connectivity index is 1.40. The molecule has 0 aliphatic carbocycles. The van der Waals surface area contributed by atoms with Gasteiger partial charge in [0, 0.05) is 30.3 Å². The molecule has 11 heteroatoms. The summed E-state index contributed by atoms with van der Waals surface area (Å²) in [4.78, 5) is 36.3. The molecule has 0 saturated carbocycles. The molecular formula is C27H26FN5O4S. The number of thiophene rings is 1. The van der Waals surface area contributed by atoms with Crippen molar-refractivity contribution in [1.29, 1.82) is 0 Å². The molecule has 9 nitrogen and oxygen atoms in total. The predicted octanol–water partition coefficient (Wildman–Crippen LogP) is 4.51. The number of benzene rings is 1. The van der Waals surface area contributed by atoms with Gasteiger partial charge in [0.25, 0.3) is 11.8 Å². The molecule has 4 heterocycles. The van der Waals surface area contributed by atoms with Gasteiger partial charge in [-0.25, -0.2) is 14.4 Å². The van der Waals surface area contributed by atoms with Gasteiger partial charge in [0.15, 0.2) is 5.89 Å². The van der Waals surface area contributed by atoms with Crippen LogP contribution in [0.2, 0.25) is 0 Å². The van der Waals surface area contributed by atoms with Crippen LogP contribution in [0, 0.1) is 12.7 Å². The van der Waals surface area contributed by atoms with Crippen LogP contribution in [0.5, 0.6) is 0 Å². The summed E-state index contributed by atoms with van der Waals surface area (Å²) in [5.74, 6) is 0.222. The lowest BCUT2D eigenvalue weighted by Crippen LogP contribution is -2.36. The molecule has 0 unspecified atom stereocenters. The summed E-state index contributed by atoms with van der Waals surface area (Å²) in [7, 11) is 0. The van der Waals surface area contributed by atoms with Gasteiger partial charge in [-0.15, -0.1) is 11.3 Å². The lowest BCUT2D eigenvalue weighted by atomic mass is 9.96. The van der Waals surface area contributed by atoms with Crippen molar-refractivity contribution in [3.8, 4) is 10.4 Å². The zero-order valence-corrected chi connectivity index (χ0v) is 21.9. The first-order valence-corrected chi connectivity index (χ1v) is 12.8. The second kappa shape index (κ2) is 9.66. The number of pyridine rings is 1. The number of hydrogen-bond donors (Lipinski definition) is 3. The molecule has 0 bridgehead atoms. The number of amides is 2. The zero-order chi connectivity index (χ0) is 27.2. The van der Waals surface area contributed by atoms with Crippen molar-refractivity contribution in [2.24, 2.45) is 5.73 Å². The molecule has 4 N–H and O–H groups in total. The SMILES string of the molecule is Cc1nc2c(o1)CCN(C(=O)c1cccc(Nc3sc(-c4ccc(C(C)(C)O)cc4F)cc3C(N)=O)n1)C2. The van der Waals surface area contributed by atoms with Crippen LogP contribution in [0.4, 0.5) is 15.2 Å². The Morgan fingerprint density at radius 3 is 2.71 bits per heavy atom. The number of halogens is 1. The van der Waals surface area contributed by atoms with E-state index in [4.69, 9.17) is 10.2 Å². The van der Waals surface area contributed by atoms with Crippen molar-refractivity contribution in [2.45, 2.75) is 39.3 Å². The van der Waals surface area contributed by atoms with Crippen LogP contribution < -0.4 is 11.1 Å². The van der Waals surface area contributed by atoms with Crippen molar-refractivity contribution in [3.05, 3.63) is 82.4 Å². The van der Waals surface area contributed by atoms with E-state index >= 15 is 0 Å². The average molecular weight is 536 g/mol. The van der Waals surface area contributed by atoms with E-state index in [1.54, 1.807) is 56.0 Å². The van der Waals surface area contributed by atoms with E-state index in [0.717, 1.165) is 22.8 Å². The van der Waals surface area contributed by atoms with Crippen LogP contribution in [-0.4, -0.2) is 38.3 Å². The number of nitrogens with zero attached hydrogens (tertiary/aromatic N) is 3. The van der Waals surface area contributed by atoms with Crippen LogP contribution in [0.15, 0.2) is 46.9 Å². The summed E-state index contributed by atoms with van der Waals surface area (Å²) in [6.07, 6.45) is 0.577. The molecule has 196 valence electrons. The molecule has 2 amide bonds. The summed E-state index contributed by atoms with van der Waals surface area (Å²) >= 11 is 1.13. The van der Waals surface area contributed by atoms with E-state index < -0.39 is 17.3 Å². The molecule has 0 saturated heterocycles. The van der Waals surface area contributed by atoms with Crippen molar-refractivity contribution in [3.63, 3.8) is 0 Å². The largest absolute Gasteiger partial charge is 0.446 e. The number of aliphatic hydroxyl groups is 1. The van der Waals surface area contributed by atoms with E-state index in [1.807, 2.05) is 0 Å². The van der Waals surface area contributed by atoms with Gasteiger partial charge < -0.3 is 25.5 Å². The highest BCUT2D eigenvalue weighted by atomic mass is 32.1.